The first-order chi connectivity index (χ1) is 18.5. The molecule has 0 bridgehead atoms. The van der Waals surface area contributed by atoms with Crippen LogP contribution in [0.3, 0.4) is 0 Å². The summed E-state index contributed by atoms with van der Waals surface area (Å²) in [5.41, 5.74) is 8.02. The van der Waals surface area contributed by atoms with Gasteiger partial charge in [0.2, 0.25) is 0 Å². The molecule has 4 aromatic rings. The minimum atomic E-state index is -4.06. The summed E-state index contributed by atoms with van der Waals surface area (Å²) in [6, 6.07) is 20.7. The number of nitrogens with zero attached hydrogens (tertiary/aromatic N) is 3. The molecule has 39 heavy (non-hydrogen) atoms. The van der Waals surface area contributed by atoms with E-state index in [0.717, 1.165) is 32.5 Å². The first-order valence-electron chi connectivity index (χ1n) is 12.1. The Labute approximate surface area is 238 Å². The lowest BCUT2D eigenvalue weighted by molar-refractivity contribution is -0.119. The van der Waals surface area contributed by atoms with Crippen LogP contribution >= 0.6 is 23.2 Å². The van der Waals surface area contributed by atoms with Gasteiger partial charge in [-0.1, -0.05) is 40.9 Å². The van der Waals surface area contributed by atoms with Gasteiger partial charge in [0.05, 0.1) is 16.8 Å². The fourth-order valence-electron chi connectivity index (χ4n) is 4.28. The summed E-state index contributed by atoms with van der Waals surface area (Å²) in [5, 5.41) is 5.23. The van der Waals surface area contributed by atoms with Gasteiger partial charge >= 0.3 is 0 Å². The van der Waals surface area contributed by atoms with Crippen molar-refractivity contribution >= 4 is 51.0 Å². The number of nitrogens with one attached hydrogen (secondary N) is 1. The van der Waals surface area contributed by atoms with E-state index in [2.05, 4.69) is 15.1 Å². The largest absolute Gasteiger partial charge is 0.318 e. The number of aromatic nitrogens is 1. The van der Waals surface area contributed by atoms with E-state index < -0.39 is 22.5 Å². The predicted octanol–water partition coefficient (Wildman–Crippen LogP) is 6.36. The maximum Gasteiger partial charge on any atom is 0.264 e. The summed E-state index contributed by atoms with van der Waals surface area (Å²) in [6.45, 7) is 7.06. The molecule has 0 atom stereocenters. The Morgan fingerprint density at radius 3 is 2.21 bits per heavy atom. The zero-order chi connectivity index (χ0) is 28.3. The maximum atomic E-state index is 13.6. The van der Waals surface area contributed by atoms with E-state index in [1.165, 1.54) is 12.1 Å². The Balaban J connectivity index is 1.57. The number of carbonyl (C=O) groups excluding carboxylic acids is 1. The van der Waals surface area contributed by atoms with Gasteiger partial charge in [-0.2, -0.15) is 5.10 Å². The number of hydrogen-bond acceptors (Lipinski definition) is 4. The number of benzene rings is 3. The lowest BCUT2D eigenvalue weighted by Crippen LogP contribution is -2.40. The second-order valence-electron chi connectivity index (χ2n) is 9.19. The van der Waals surface area contributed by atoms with Gasteiger partial charge in [0.25, 0.3) is 15.9 Å². The molecule has 0 spiro atoms. The Morgan fingerprint density at radius 1 is 0.923 bits per heavy atom. The van der Waals surface area contributed by atoms with Crippen molar-refractivity contribution in [2.45, 2.75) is 32.6 Å². The molecule has 1 amide bonds. The monoisotopic (exact) mass is 582 g/mol. The Hall–Kier alpha value is -3.59. The van der Waals surface area contributed by atoms with Gasteiger partial charge in [-0.15, -0.1) is 0 Å². The topological polar surface area (TPSA) is 83.8 Å². The fourth-order valence-corrected chi connectivity index (χ4v) is 6.12. The number of amides is 1. The molecule has 0 unspecified atom stereocenters. The number of aryl methyl sites for hydroxylation is 3. The minimum absolute atomic E-state index is 0.0772. The molecule has 4 rings (SSSR count). The summed E-state index contributed by atoms with van der Waals surface area (Å²) in [7, 11) is -4.06. The van der Waals surface area contributed by atoms with Gasteiger partial charge in [0.1, 0.15) is 6.54 Å². The van der Waals surface area contributed by atoms with Crippen molar-refractivity contribution in [2.75, 3.05) is 10.8 Å². The summed E-state index contributed by atoms with van der Waals surface area (Å²) in [4.78, 5) is 13.0. The SMILES string of the molecule is Cc1ccc(S(=O)(=O)N(CC(=O)N/N=C\c2cc(C)n(-c3ccc(Cl)cc3)c2C)c2ccc(Cl)cc2C)cc1. The van der Waals surface area contributed by atoms with Gasteiger partial charge in [-0.3, -0.25) is 9.10 Å². The number of sulfonamides is 1. The molecule has 7 nitrogen and oxygen atoms in total. The van der Waals surface area contributed by atoms with Crippen molar-refractivity contribution in [3.8, 4) is 5.69 Å². The molecule has 1 N–H and O–H groups in total. The third-order valence-electron chi connectivity index (χ3n) is 6.27. The molecule has 0 aliphatic heterocycles. The molecule has 0 aliphatic carbocycles. The van der Waals surface area contributed by atoms with E-state index in [1.807, 2.05) is 51.1 Å². The van der Waals surface area contributed by atoms with Gasteiger partial charge in [-0.25, -0.2) is 13.8 Å². The van der Waals surface area contributed by atoms with Crippen LogP contribution in [0.25, 0.3) is 5.69 Å². The summed E-state index contributed by atoms with van der Waals surface area (Å²) >= 11 is 12.1. The third kappa shape index (κ3) is 6.36. The van der Waals surface area contributed by atoms with E-state index >= 15 is 0 Å². The Morgan fingerprint density at radius 2 is 1.56 bits per heavy atom. The van der Waals surface area contributed by atoms with Gasteiger partial charge in [-0.05, 0) is 93.9 Å². The minimum Gasteiger partial charge on any atom is -0.318 e. The van der Waals surface area contributed by atoms with Crippen molar-refractivity contribution in [3.63, 3.8) is 0 Å². The van der Waals surface area contributed by atoms with Crippen LogP contribution in [0.5, 0.6) is 0 Å². The van der Waals surface area contributed by atoms with Crippen LogP contribution in [-0.2, 0) is 14.8 Å². The number of carbonyl (C=O) groups is 1. The average Bonchev–Trinajstić information content (AvgIpc) is 3.16. The highest BCUT2D eigenvalue weighted by Gasteiger charge is 2.28. The molecule has 202 valence electrons. The van der Waals surface area contributed by atoms with Gasteiger partial charge in [0.15, 0.2) is 0 Å². The van der Waals surface area contributed by atoms with E-state index in [1.54, 1.807) is 43.5 Å². The lowest BCUT2D eigenvalue weighted by Gasteiger charge is -2.25. The highest BCUT2D eigenvalue weighted by Crippen LogP contribution is 2.29. The van der Waals surface area contributed by atoms with Crippen LogP contribution < -0.4 is 9.73 Å². The van der Waals surface area contributed by atoms with Crippen molar-refractivity contribution in [1.82, 2.24) is 9.99 Å². The molecule has 0 fully saturated rings. The molecule has 1 aromatic heterocycles. The van der Waals surface area contributed by atoms with E-state index in [9.17, 15) is 13.2 Å². The Bertz CT molecular complexity index is 1650. The standard InChI is InChI=1S/C29H28Cl2N4O3S/c1-19-5-12-27(13-6-19)39(37,38)34(28-14-9-25(31)15-20(28)2)18-29(36)33-32-17-23-16-21(3)35(22(23)4)26-10-7-24(30)8-11-26/h5-17H,18H2,1-4H3,(H,33,36)/b32-17-. The smallest absolute Gasteiger partial charge is 0.264 e. The number of rotatable bonds is 8. The van der Waals surface area contributed by atoms with Crippen molar-refractivity contribution < 1.29 is 13.2 Å². The number of anilines is 1. The molecule has 0 saturated carbocycles. The number of hydrazone groups is 1. The highest BCUT2D eigenvalue weighted by molar-refractivity contribution is 7.92. The van der Waals surface area contributed by atoms with Crippen LogP contribution in [-0.4, -0.2) is 31.7 Å². The second-order valence-corrected chi connectivity index (χ2v) is 11.9. The van der Waals surface area contributed by atoms with Crippen LogP contribution in [0.4, 0.5) is 5.69 Å². The van der Waals surface area contributed by atoms with Gasteiger partial charge in [0, 0.05) is 32.7 Å². The zero-order valence-electron chi connectivity index (χ0n) is 21.9. The molecule has 0 saturated heterocycles. The fraction of sp³-hybridized carbons (Fsp3) is 0.172. The molecular formula is C29H28Cl2N4O3S. The van der Waals surface area contributed by atoms with Crippen LogP contribution in [0.1, 0.15) is 28.1 Å². The van der Waals surface area contributed by atoms with E-state index in [4.69, 9.17) is 23.2 Å². The second kappa shape index (κ2) is 11.7. The van der Waals surface area contributed by atoms with Crippen molar-refractivity contribution in [1.29, 1.82) is 0 Å². The quantitative estimate of drug-likeness (QED) is 0.194. The van der Waals surface area contributed by atoms with Crippen LogP contribution in [0, 0.1) is 27.7 Å². The number of halogens is 2. The predicted molar refractivity (Wildman–Crippen MR) is 158 cm³/mol. The molecule has 1 heterocycles. The first-order valence-corrected chi connectivity index (χ1v) is 14.3. The Kier molecular flexibility index (Phi) is 8.49. The summed E-state index contributed by atoms with van der Waals surface area (Å²) < 4.78 is 30.4. The molecule has 3 aromatic carbocycles. The molecule has 10 heteroatoms. The summed E-state index contributed by atoms with van der Waals surface area (Å²) in [6.07, 6.45) is 1.54. The molecule has 0 aliphatic rings. The number of hydrogen-bond donors (Lipinski definition) is 1. The van der Waals surface area contributed by atoms with E-state index in [-0.39, 0.29) is 4.90 Å². The third-order valence-corrected chi connectivity index (χ3v) is 8.53. The van der Waals surface area contributed by atoms with Crippen molar-refractivity contribution in [2.24, 2.45) is 5.10 Å². The van der Waals surface area contributed by atoms with Crippen molar-refractivity contribution in [3.05, 3.63) is 111 Å². The summed E-state index contributed by atoms with van der Waals surface area (Å²) in [5.74, 6) is -0.595. The highest BCUT2D eigenvalue weighted by atomic mass is 35.5. The zero-order valence-corrected chi connectivity index (χ0v) is 24.3. The maximum absolute atomic E-state index is 13.6. The normalized spacial score (nSPS) is 11.6. The lowest BCUT2D eigenvalue weighted by atomic mass is 10.2. The first kappa shape index (κ1) is 28.4. The van der Waals surface area contributed by atoms with Crippen LogP contribution in [0.2, 0.25) is 10.0 Å². The van der Waals surface area contributed by atoms with Crippen LogP contribution in [0.15, 0.2) is 82.8 Å². The van der Waals surface area contributed by atoms with Gasteiger partial charge < -0.3 is 4.57 Å². The molecule has 0 radical (unpaired) electrons. The molecular weight excluding hydrogens is 555 g/mol. The average molecular weight is 584 g/mol. The van der Waals surface area contributed by atoms with E-state index in [0.29, 0.717) is 21.3 Å².